The topological polar surface area (TPSA) is 51.3 Å². The lowest BCUT2D eigenvalue weighted by atomic mass is 9.93. The van der Waals surface area contributed by atoms with Gasteiger partial charge in [0.25, 0.3) is 5.91 Å². The minimum atomic E-state index is -0.558. The number of carbonyl (C=O) groups is 1. The fraction of sp³-hybridized carbons (Fsp3) is 0.550. The van der Waals surface area contributed by atoms with Gasteiger partial charge in [0.05, 0.1) is 22.3 Å². The summed E-state index contributed by atoms with van der Waals surface area (Å²) in [6.45, 7) is 15.3. The largest absolute Gasteiger partial charge is 0.317 e. The molecule has 1 saturated heterocycles. The minimum Gasteiger partial charge on any atom is -0.317 e. The second kappa shape index (κ2) is 8.14. The van der Waals surface area contributed by atoms with Crippen LogP contribution in [0.3, 0.4) is 0 Å². The van der Waals surface area contributed by atoms with Gasteiger partial charge in [0, 0.05) is 10.3 Å². The maximum absolute atomic E-state index is 13.0. The Balaban J connectivity index is 2.00. The number of carbonyl (C=O) groups excluding carboxylic acids is 1. The van der Waals surface area contributed by atoms with E-state index in [0.29, 0.717) is 12.1 Å². The lowest BCUT2D eigenvalue weighted by Gasteiger charge is -2.21. The summed E-state index contributed by atoms with van der Waals surface area (Å²) < 4.78 is 2.27. The van der Waals surface area contributed by atoms with Crippen molar-refractivity contribution in [3.05, 3.63) is 44.2 Å². The molecule has 0 unspecified atom stereocenters. The maximum Gasteiger partial charge on any atom is 0.251 e. The summed E-state index contributed by atoms with van der Waals surface area (Å²) in [5.41, 5.74) is 1.55. The molecule has 7 heteroatoms. The quantitative estimate of drug-likeness (QED) is 0.722. The monoisotopic (exact) mass is 404 g/mol. The van der Waals surface area contributed by atoms with E-state index in [2.05, 4.69) is 10.2 Å². The number of nitrogens with zero attached hydrogens (tertiary/aromatic N) is 3. The lowest BCUT2D eigenvalue weighted by Crippen LogP contribution is -2.30. The Morgan fingerprint density at radius 3 is 2.63 bits per heavy atom. The van der Waals surface area contributed by atoms with Gasteiger partial charge in [-0.3, -0.25) is 4.79 Å². The summed E-state index contributed by atoms with van der Waals surface area (Å²) in [6, 6.07) is 3.89. The molecule has 2 aromatic heterocycles. The summed E-state index contributed by atoms with van der Waals surface area (Å²) in [5, 5.41) is 8.04. The zero-order chi connectivity index (χ0) is 19.6. The van der Waals surface area contributed by atoms with Crippen LogP contribution in [-0.2, 0) is 12.8 Å². The molecule has 3 heterocycles. The van der Waals surface area contributed by atoms with Gasteiger partial charge in [-0.2, -0.15) is 5.10 Å². The van der Waals surface area contributed by atoms with Crippen LogP contribution in [0, 0.1) is 12.0 Å². The average Bonchev–Trinajstić information content (AvgIpc) is 3.22. The first-order valence-corrected chi connectivity index (χ1v) is 10.5. The number of hydrogen-bond acceptors (Lipinski definition) is 4. The molecule has 0 atom stereocenters. The van der Waals surface area contributed by atoms with Crippen molar-refractivity contribution in [2.45, 2.75) is 52.4 Å². The van der Waals surface area contributed by atoms with Gasteiger partial charge < -0.3 is 5.32 Å². The first-order chi connectivity index (χ1) is 12.8. The van der Waals surface area contributed by atoms with Crippen molar-refractivity contribution in [2.75, 3.05) is 13.1 Å². The Labute approximate surface area is 169 Å². The van der Waals surface area contributed by atoms with E-state index in [1.165, 1.54) is 4.68 Å². The molecule has 0 amide bonds. The number of thiophene rings is 1. The molecule has 2 aromatic rings. The number of aromatic nitrogens is 2. The number of nitrogens with one attached hydrogen (secondary N) is 1. The van der Waals surface area contributed by atoms with Crippen LogP contribution < -0.4 is 5.32 Å². The average molecular weight is 405 g/mol. The third kappa shape index (κ3) is 4.43. The van der Waals surface area contributed by atoms with Crippen molar-refractivity contribution in [1.29, 1.82) is 0 Å². The van der Waals surface area contributed by atoms with Crippen LogP contribution in [0.1, 0.15) is 60.6 Å². The van der Waals surface area contributed by atoms with E-state index in [-0.39, 0.29) is 11.8 Å². The SMILES string of the molecule is [C-]#[N+]c1c(C2CCNCC2)nn(C(=O)C(C)(C)C)c1CCc1ccc(Cl)s1. The Kier molecular flexibility index (Phi) is 6.05. The summed E-state index contributed by atoms with van der Waals surface area (Å²) in [5.74, 6) is 0.172. The summed E-state index contributed by atoms with van der Waals surface area (Å²) >= 11 is 7.58. The second-order valence-corrected chi connectivity index (χ2v) is 9.79. The number of piperidine rings is 1. The fourth-order valence-corrected chi connectivity index (χ4v) is 4.48. The minimum absolute atomic E-state index is 0.0632. The van der Waals surface area contributed by atoms with Crippen molar-refractivity contribution in [1.82, 2.24) is 15.1 Å². The van der Waals surface area contributed by atoms with Gasteiger partial charge in [-0.15, -0.1) is 11.3 Å². The molecule has 1 N–H and O–H groups in total. The molecule has 3 rings (SSSR count). The van der Waals surface area contributed by atoms with Crippen molar-refractivity contribution in [2.24, 2.45) is 5.41 Å². The number of halogens is 1. The smallest absolute Gasteiger partial charge is 0.251 e. The fourth-order valence-electron chi connectivity index (χ4n) is 3.39. The first kappa shape index (κ1) is 20.1. The van der Waals surface area contributed by atoms with Crippen LogP contribution in [0.25, 0.3) is 4.85 Å². The van der Waals surface area contributed by atoms with Crippen LogP contribution in [-0.4, -0.2) is 28.8 Å². The Hall–Kier alpha value is -1.68. The van der Waals surface area contributed by atoms with E-state index in [1.54, 1.807) is 11.3 Å². The second-order valence-electron chi connectivity index (χ2n) is 7.99. The van der Waals surface area contributed by atoms with Gasteiger partial charge in [0.15, 0.2) is 0 Å². The maximum atomic E-state index is 13.0. The summed E-state index contributed by atoms with van der Waals surface area (Å²) in [7, 11) is 0. The van der Waals surface area contributed by atoms with E-state index in [1.807, 2.05) is 32.9 Å². The van der Waals surface area contributed by atoms with E-state index < -0.39 is 5.41 Å². The number of aryl methyl sites for hydroxylation is 1. The Morgan fingerprint density at radius 2 is 2.07 bits per heavy atom. The van der Waals surface area contributed by atoms with Gasteiger partial charge in [-0.05, 0) is 56.8 Å². The van der Waals surface area contributed by atoms with Gasteiger partial charge in [0.1, 0.15) is 0 Å². The Morgan fingerprint density at radius 1 is 1.37 bits per heavy atom. The van der Waals surface area contributed by atoms with Crippen molar-refractivity contribution >= 4 is 34.5 Å². The van der Waals surface area contributed by atoms with Crippen molar-refractivity contribution in [3.8, 4) is 0 Å². The molecule has 0 aliphatic carbocycles. The van der Waals surface area contributed by atoms with Gasteiger partial charge >= 0.3 is 0 Å². The molecular weight excluding hydrogens is 380 g/mol. The van der Waals surface area contributed by atoms with Gasteiger partial charge in [-0.1, -0.05) is 32.4 Å². The molecule has 5 nitrogen and oxygen atoms in total. The molecule has 0 bridgehead atoms. The molecule has 144 valence electrons. The van der Waals surface area contributed by atoms with Crippen molar-refractivity contribution < 1.29 is 4.79 Å². The molecule has 0 spiro atoms. The summed E-state index contributed by atoms with van der Waals surface area (Å²) in [4.78, 5) is 18.0. The molecule has 27 heavy (non-hydrogen) atoms. The molecule has 0 radical (unpaired) electrons. The molecule has 1 aliphatic rings. The predicted octanol–water partition coefficient (Wildman–Crippen LogP) is 5.09. The number of hydrogen-bond donors (Lipinski definition) is 1. The first-order valence-electron chi connectivity index (χ1n) is 9.30. The van der Waals surface area contributed by atoms with E-state index in [4.69, 9.17) is 23.3 Å². The molecular formula is C20H25ClN4OS. The summed E-state index contributed by atoms with van der Waals surface area (Å²) in [6.07, 6.45) is 3.25. The standard InChI is InChI=1S/C20H25ClN4OS/c1-20(2,3)19(26)25-15(7-5-14-6-8-16(21)27-14)18(22-4)17(24-25)13-9-11-23-12-10-13/h6,8,13,23H,5,7,9-12H2,1-3H3. The lowest BCUT2D eigenvalue weighted by molar-refractivity contribution is 0.0744. The molecule has 0 aromatic carbocycles. The molecule has 0 saturated carbocycles. The zero-order valence-electron chi connectivity index (χ0n) is 16.0. The molecule has 1 aliphatic heterocycles. The number of rotatable bonds is 4. The van der Waals surface area contributed by atoms with Crippen LogP contribution in [0.4, 0.5) is 5.69 Å². The third-order valence-corrected chi connectivity index (χ3v) is 6.18. The van der Waals surface area contributed by atoms with E-state index in [9.17, 15) is 4.79 Å². The van der Waals surface area contributed by atoms with Gasteiger partial charge in [-0.25, -0.2) is 9.53 Å². The highest BCUT2D eigenvalue weighted by atomic mass is 35.5. The predicted molar refractivity (Wildman–Crippen MR) is 110 cm³/mol. The Bertz CT molecular complexity index is 866. The normalized spacial score (nSPS) is 15.7. The van der Waals surface area contributed by atoms with Crippen LogP contribution >= 0.6 is 22.9 Å². The van der Waals surface area contributed by atoms with E-state index >= 15 is 0 Å². The van der Waals surface area contributed by atoms with Crippen molar-refractivity contribution in [3.63, 3.8) is 0 Å². The van der Waals surface area contributed by atoms with Gasteiger partial charge in [0.2, 0.25) is 5.69 Å². The van der Waals surface area contributed by atoms with Crippen LogP contribution in [0.5, 0.6) is 0 Å². The zero-order valence-corrected chi connectivity index (χ0v) is 17.6. The third-order valence-electron chi connectivity index (χ3n) is 4.89. The molecule has 1 fully saturated rings. The van der Waals surface area contributed by atoms with E-state index in [0.717, 1.165) is 53.0 Å². The van der Waals surface area contributed by atoms with Crippen LogP contribution in [0.2, 0.25) is 4.34 Å². The highest BCUT2D eigenvalue weighted by Crippen LogP contribution is 2.37. The van der Waals surface area contributed by atoms with Crippen LogP contribution in [0.15, 0.2) is 12.1 Å². The highest BCUT2D eigenvalue weighted by Gasteiger charge is 2.32. The highest BCUT2D eigenvalue weighted by molar-refractivity contribution is 7.16.